The summed E-state index contributed by atoms with van der Waals surface area (Å²) >= 11 is 0. The van der Waals surface area contributed by atoms with Crippen LogP contribution in [0, 0.1) is 5.92 Å². The summed E-state index contributed by atoms with van der Waals surface area (Å²) in [7, 11) is 0. The Balaban J connectivity index is 2.09. The highest BCUT2D eigenvalue weighted by atomic mass is 16.6. The minimum absolute atomic E-state index is 0.0463. The third-order valence-electron chi connectivity index (χ3n) is 2.27. The normalized spacial score (nSPS) is 53.4. The summed E-state index contributed by atoms with van der Waals surface area (Å²) < 4.78 is 10.7. The van der Waals surface area contributed by atoms with E-state index in [1.165, 1.54) is 0 Å². The minimum atomic E-state index is -0.394. The first-order chi connectivity index (χ1) is 4.79. The third-order valence-corrected chi connectivity index (χ3v) is 2.27. The molecule has 1 unspecified atom stereocenters. The predicted octanol–water partition coefficient (Wildman–Crippen LogP) is -0.219. The van der Waals surface area contributed by atoms with Crippen molar-refractivity contribution in [3.63, 3.8) is 0 Å². The maximum Gasteiger partial charge on any atom is 0.112 e. The summed E-state index contributed by atoms with van der Waals surface area (Å²) in [5.74, 6) is 0.446. The number of ether oxygens (including phenoxy) is 2. The molecule has 0 aliphatic carbocycles. The van der Waals surface area contributed by atoms with E-state index in [2.05, 4.69) is 6.92 Å². The zero-order valence-electron chi connectivity index (χ0n) is 5.99. The van der Waals surface area contributed by atoms with E-state index in [9.17, 15) is 5.11 Å². The summed E-state index contributed by atoms with van der Waals surface area (Å²) in [4.78, 5) is 0. The van der Waals surface area contributed by atoms with Gasteiger partial charge in [-0.25, -0.2) is 0 Å². The standard InChI is InChI=1S/C7H12O3/c1-4-2-9-7-5(8)3-10-6(4)7/h4-8H,2-3H2,1H3/t4-,5-,6-,7?/m1/s1. The molecule has 10 heavy (non-hydrogen) atoms. The van der Waals surface area contributed by atoms with Crippen LogP contribution < -0.4 is 0 Å². The van der Waals surface area contributed by atoms with E-state index in [0.29, 0.717) is 12.5 Å². The van der Waals surface area contributed by atoms with Gasteiger partial charge in [0.2, 0.25) is 0 Å². The number of fused-ring (bicyclic) bond motifs is 1. The molecule has 1 N–H and O–H groups in total. The summed E-state index contributed by atoms with van der Waals surface area (Å²) in [6, 6.07) is 0. The fraction of sp³-hybridized carbons (Fsp3) is 1.00. The van der Waals surface area contributed by atoms with Gasteiger partial charge in [-0.3, -0.25) is 0 Å². The van der Waals surface area contributed by atoms with Crippen molar-refractivity contribution < 1.29 is 14.6 Å². The van der Waals surface area contributed by atoms with Crippen LogP contribution in [0.5, 0.6) is 0 Å². The first-order valence-corrected chi connectivity index (χ1v) is 3.70. The molecule has 4 atom stereocenters. The van der Waals surface area contributed by atoms with Gasteiger partial charge in [0.15, 0.2) is 0 Å². The van der Waals surface area contributed by atoms with Crippen LogP contribution in [-0.4, -0.2) is 36.6 Å². The lowest BCUT2D eigenvalue weighted by molar-refractivity contribution is 0.0173. The molecule has 2 aliphatic rings. The monoisotopic (exact) mass is 144 g/mol. The fourth-order valence-corrected chi connectivity index (χ4v) is 1.67. The minimum Gasteiger partial charge on any atom is -0.388 e. The lowest BCUT2D eigenvalue weighted by atomic mass is 10.0. The average Bonchev–Trinajstić information content (AvgIpc) is 2.41. The average molecular weight is 144 g/mol. The maximum absolute atomic E-state index is 9.27. The van der Waals surface area contributed by atoms with Crippen molar-refractivity contribution in [3.05, 3.63) is 0 Å². The number of aliphatic hydroxyl groups excluding tert-OH is 1. The highest BCUT2D eigenvalue weighted by molar-refractivity contribution is 4.92. The molecule has 0 aromatic carbocycles. The van der Waals surface area contributed by atoms with E-state index >= 15 is 0 Å². The largest absolute Gasteiger partial charge is 0.388 e. The molecule has 0 radical (unpaired) electrons. The van der Waals surface area contributed by atoms with Crippen LogP contribution in [0.15, 0.2) is 0 Å². The Kier molecular flexibility index (Phi) is 1.44. The molecule has 0 aromatic heterocycles. The molecule has 0 saturated carbocycles. The molecule has 58 valence electrons. The summed E-state index contributed by atoms with van der Waals surface area (Å²) in [6.45, 7) is 3.26. The Bertz CT molecular complexity index is 121. The predicted molar refractivity (Wildman–Crippen MR) is 34.7 cm³/mol. The van der Waals surface area contributed by atoms with Gasteiger partial charge >= 0.3 is 0 Å². The molecule has 2 rings (SSSR count). The molecular weight excluding hydrogens is 132 g/mol. The fourth-order valence-electron chi connectivity index (χ4n) is 1.67. The maximum atomic E-state index is 9.27. The second-order valence-electron chi connectivity index (χ2n) is 3.14. The van der Waals surface area contributed by atoms with Gasteiger partial charge in [0.25, 0.3) is 0 Å². The summed E-state index contributed by atoms with van der Waals surface area (Å²) in [5.41, 5.74) is 0. The zero-order valence-corrected chi connectivity index (χ0v) is 5.99. The Morgan fingerprint density at radius 1 is 1.20 bits per heavy atom. The second-order valence-corrected chi connectivity index (χ2v) is 3.14. The first-order valence-electron chi connectivity index (χ1n) is 3.70. The highest BCUT2D eigenvalue weighted by Gasteiger charge is 2.44. The van der Waals surface area contributed by atoms with Gasteiger partial charge < -0.3 is 14.6 Å². The van der Waals surface area contributed by atoms with Gasteiger partial charge in [-0.15, -0.1) is 0 Å². The van der Waals surface area contributed by atoms with E-state index in [1.54, 1.807) is 0 Å². The summed E-state index contributed by atoms with van der Waals surface area (Å²) in [6.07, 6.45) is -0.292. The molecule has 2 fully saturated rings. The smallest absolute Gasteiger partial charge is 0.112 e. The molecule has 3 heteroatoms. The molecular formula is C7H12O3. The van der Waals surface area contributed by atoms with Crippen molar-refractivity contribution in [2.45, 2.75) is 25.2 Å². The number of hydrogen-bond donors (Lipinski definition) is 1. The van der Waals surface area contributed by atoms with Crippen LogP contribution in [0.4, 0.5) is 0 Å². The lowest BCUT2D eigenvalue weighted by Gasteiger charge is -2.10. The molecule has 0 aromatic rings. The highest BCUT2D eigenvalue weighted by Crippen LogP contribution is 2.30. The topological polar surface area (TPSA) is 38.7 Å². The molecule has 0 bridgehead atoms. The van der Waals surface area contributed by atoms with Gasteiger partial charge in [-0.05, 0) is 0 Å². The molecule has 2 heterocycles. The Morgan fingerprint density at radius 3 is 2.60 bits per heavy atom. The Hall–Kier alpha value is -0.120. The van der Waals surface area contributed by atoms with Crippen LogP contribution in [0.3, 0.4) is 0 Å². The second kappa shape index (κ2) is 2.19. The van der Waals surface area contributed by atoms with Gasteiger partial charge in [-0.2, -0.15) is 0 Å². The van der Waals surface area contributed by atoms with E-state index in [4.69, 9.17) is 9.47 Å². The third kappa shape index (κ3) is 0.779. The zero-order chi connectivity index (χ0) is 7.14. The molecule has 3 nitrogen and oxygen atoms in total. The van der Waals surface area contributed by atoms with Crippen molar-refractivity contribution in [2.75, 3.05) is 13.2 Å². The van der Waals surface area contributed by atoms with Crippen molar-refractivity contribution >= 4 is 0 Å². The van der Waals surface area contributed by atoms with E-state index in [0.717, 1.165) is 6.61 Å². The quantitative estimate of drug-likeness (QED) is 0.511. The van der Waals surface area contributed by atoms with Crippen LogP contribution in [-0.2, 0) is 9.47 Å². The Morgan fingerprint density at radius 2 is 1.90 bits per heavy atom. The SMILES string of the molecule is C[C@@H]1COC2[C@H](O)CO[C@@H]21. The first kappa shape index (κ1) is 6.58. The molecule has 0 amide bonds. The van der Waals surface area contributed by atoms with Crippen LogP contribution >= 0.6 is 0 Å². The van der Waals surface area contributed by atoms with E-state index in [-0.39, 0.29) is 12.2 Å². The van der Waals surface area contributed by atoms with Crippen molar-refractivity contribution in [1.82, 2.24) is 0 Å². The van der Waals surface area contributed by atoms with Crippen molar-refractivity contribution in [1.29, 1.82) is 0 Å². The number of hydrogen-bond acceptors (Lipinski definition) is 3. The van der Waals surface area contributed by atoms with Crippen LogP contribution in [0.2, 0.25) is 0 Å². The van der Waals surface area contributed by atoms with Gasteiger partial charge in [-0.1, -0.05) is 6.92 Å². The van der Waals surface area contributed by atoms with Gasteiger partial charge in [0.1, 0.15) is 12.2 Å². The molecule has 0 spiro atoms. The lowest BCUT2D eigenvalue weighted by Crippen LogP contribution is -2.28. The van der Waals surface area contributed by atoms with Crippen LogP contribution in [0.25, 0.3) is 0 Å². The van der Waals surface area contributed by atoms with Crippen LogP contribution in [0.1, 0.15) is 6.92 Å². The molecule has 2 saturated heterocycles. The van der Waals surface area contributed by atoms with Crippen molar-refractivity contribution in [2.24, 2.45) is 5.92 Å². The summed E-state index contributed by atoms with van der Waals surface area (Å²) in [5, 5.41) is 9.27. The van der Waals surface area contributed by atoms with Gasteiger partial charge in [0.05, 0.1) is 19.3 Å². The molecule has 2 aliphatic heterocycles. The van der Waals surface area contributed by atoms with Crippen molar-refractivity contribution in [3.8, 4) is 0 Å². The van der Waals surface area contributed by atoms with Gasteiger partial charge in [0, 0.05) is 5.92 Å². The Labute approximate surface area is 59.9 Å². The van der Waals surface area contributed by atoms with E-state index < -0.39 is 6.10 Å². The number of rotatable bonds is 0. The number of aliphatic hydroxyl groups is 1. The van der Waals surface area contributed by atoms with E-state index in [1.807, 2.05) is 0 Å².